The van der Waals surface area contributed by atoms with E-state index < -0.39 is 0 Å². The Bertz CT molecular complexity index is 831. The van der Waals surface area contributed by atoms with Crippen LogP contribution in [0.2, 0.25) is 0 Å². The number of benzene rings is 1. The Morgan fingerprint density at radius 1 is 1.17 bits per heavy atom. The first-order chi connectivity index (χ1) is 14.0. The molecule has 1 aromatic heterocycles. The summed E-state index contributed by atoms with van der Waals surface area (Å²) in [6.45, 7) is 4.31. The molecule has 0 N–H and O–H groups in total. The molecule has 2 aromatic rings. The summed E-state index contributed by atoms with van der Waals surface area (Å²) >= 11 is 0. The van der Waals surface area contributed by atoms with Gasteiger partial charge in [0.2, 0.25) is 11.0 Å². The lowest BCUT2D eigenvalue weighted by Gasteiger charge is -2.31. The first-order valence-corrected chi connectivity index (χ1v) is 9.67. The maximum atomic E-state index is 12.5. The number of piperidine rings is 1. The number of aliphatic imine (C=N–C) groups is 1. The van der Waals surface area contributed by atoms with Crippen LogP contribution in [0.1, 0.15) is 38.7 Å². The Kier molecular flexibility index (Phi) is 6.46. The van der Waals surface area contributed by atoms with E-state index in [9.17, 15) is 5.11 Å². The van der Waals surface area contributed by atoms with Crippen molar-refractivity contribution in [2.45, 2.75) is 51.6 Å². The molecule has 2 unspecified atom stereocenters. The van der Waals surface area contributed by atoms with Crippen molar-refractivity contribution < 1.29 is 28.6 Å². The molecule has 158 valence electrons. The van der Waals surface area contributed by atoms with E-state index in [2.05, 4.69) is 29.1 Å². The molecule has 0 spiro atoms. The molecular formula is C20H28N4O5. The van der Waals surface area contributed by atoms with Gasteiger partial charge in [-0.1, -0.05) is 0 Å². The monoisotopic (exact) mass is 404 g/mol. The van der Waals surface area contributed by atoms with Crippen molar-refractivity contribution in [2.75, 3.05) is 26.3 Å². The molecule has 1 fully saturated rings. The third-order valence-electron chi connectivity index (χ3n) is 5.14. The first-order valence-electron chi connectivity index (χ1n) is 9.67. The molecule has 29 heavy (non-hydrogen) atoms. The van der Waals surface area contributed by atoms with Crippen LogP contribution in [0.5, 0.6) is 17.2 Å². The summed E-state index contributed by atoms with van der Waals surface area (Å²) in [6.07, 6.45) is 5.09. The summed E-state index contributed by atoms with van der Waals surface area (Å²) in [5.41, 5.74) is 0.693. The number of nitrogens with zero attached hydrogens (tertiary/aromatic N) is 4. The van der Waals surface area contributed by atoms with Gasteiger partial charge in [-0.2, -0.15) is 0 Å². The number of ether oxygens (including phenoxy) is 3. The SMILES string of the molecule is COc1cc(CC([O-])=Nc2c[n+](N3C(C)CCCC3C)no2)cc(OC)c1OC. The van der Waals surface area contributed by atoms with Crippen molar-refractivity contribution in [3.63, 3.8) is 0 Å². The van der Waals surface area contributed by atoms with Crippen LogP contribution in [0.3, 0.4) is 0 Å². The van der Waals surface area contributed by atoms with Gasteiger partial charge in [0.05, 0.1) is 38.2 Å². The number of hydrogen-bond donors (Lipinski definition) is 0. The Morgan fingerprint density at radius 2 is 1.79 bits per heavy atom. The van der Waals surface area contributed by atoms with Gasteiger partial charge in [-0.25, -0.2) is 4.99 Å². The predicted molar refractivity (Wildman–Crippen MR) is 105 cm³/mol. The molecule has 9 heteroatoms. The highest BCUT2D eigenvalue weighted by atomic mass is 16.5. The highest BCUT2D eigenvalue weighted by Crippen LogP contribution is 2.38. The first kappa shape index (κ1) is 20.8. The fraction of sp³-hybridized carbons (Fsp3) is 0.550. The van der Waals surface area contributed by atoms with Gasteiger partial charge in [0.1, 0.15) is 0 Å². The zero-order chi connectivity index (χ0) is 21.0. The van der Waals surface area contributed by atoms with E-state index in [1.165, 1.54) is 27.8 Å². The molecule has 1 aromatic carbocycles. The third kappa shape index (κ3) is 4.55. The van der Waals surface area contributed by atoms with E-state index >= 15 is 0 Å². The average Bonchev–Trinajstić information content (AvgIpc) is 3.14. The van der Waals surface area contributed by atoms with Gasteiger partial charge in [-0.15, -0.1) is 5.01 Å². The summed E-state index contributed by atoms with van der Waals surface area (Å²) in [5, 5.41) is 18.7. The normalized spacial score (nSPS) is 19.9. The van der Waals surface area contributed by atoms with E-state index in [4.69, 9.17) is 18.7 Å². The lowest BCUT2D eigenvalue weighted by Crippen LogP contribution is -2.67. The minimum atomic E-state index is -0.359. The van der Waals surface area contributed by atoms with Crippen LogP contribution >= 0.6 is 0 Å². The Balaban J connectivity index is 1.78. The van der Waals surface area contributed by atoms with Gasteiger partial charge in [0, 0.05) is 6.42 Å². The second-order valence-electron chi connectivity index (χ2n) is 7.19. The minimum absolute atomic E-state index is 0.0634. The summed E-state index contributed by atoms with van der Waals surface area (Å²) in [7, 11) is 4.59. The summed E-state index contributed by atoms with van der Waals surface area (Å²) in [4.78, 5) is 5.70. The molecule has 3 rings (SSSR count). The van der Waals surface area contributed by atoms with Crippen molar-refractivity contribution in [1.29, 1.82) is 0 Å². The smallest absolute Gasteiger partial charge is 0.324 e. The van der Waals surface area contributed by atoms with Crippen molar-refractivity contribution in [3.05, 3.63) is 23.9 Å². The summed E-state index contributed by atoms with van der Waals surface area (Å²) in [5.74, 6) is 1.26. The van der Waals surface area contributed by atoms with E-state index in [0.29, 0.717) is 34.9 Å². The molecule has 2 heterocycles. The van der Waals surface area contributed by atoms with Gasteiger partial charge in [-0.3, -0.25) is 4.52 Å². The Hall–Kier alpha value is -2.97. The fourth-order valence-electron chi connectivity index (χ4n) is 3.77. The number of methoxy groups -OCH3 is 3. The maximum Gasteiger partial charge on any atom is 0.324 e. The minimum Gasteiger partial charge on any atom is -0.861 e. The zero-order valence-corrected chi connectivity index (χ0v) is 17.5. The van der Waals surface area contributed by atoms with Crippen molar-refractivity contribution >= 4 is 11.8 Å². The Labute approximate surface area is 170 Å². The quantitative estimate of drug-likeness (QED) is 0.392. The van der Waals surface area contributed by atoms with E-state index in [0.717, 1.165) is 12.8 Å². The van der Waals surface area contributed by atoms with Crippen molar-refractivity contribution in [1.82, 2.24) is 5.27 Å². The number of aromatic nitrogens is 2. The third-order valence-corrected chi connectivity index (χ3v) is 5.14. The van der Waals surface area contributed by atoms with Gasteiger partial charge >= 0.3 is 5.88 Å². The van der Waals surface area contributed by atoms with Crippen LogP contribution < -0.4 is 29.1 Å². The second kappa shape index (κ2) is 9.02. The molecule has 0 aliphatic carbocycles. The molecule has 1 saturated heterocycles. The van der Waals surface area contributed by atoms with E-state index in [1.54, 1.807) is 23.1 Å². The van der Waals surface area contributed by atoms with Gasteiger partial charge in [0.25, 0.3) is 6.20 Å². The molecule has 0 bridgehead atoms. The van der Waals surface area contributed by atoms with Gasteiger partial charge in [-0.05, 0) is 56.7 Å². The molecule has 2 atom stereocenters. The van der Waals surface area contributed by atoms with Crippen LogP contribution in [-0.4, -0.2) is 44.6 Å². The standard InChI is InChI=1S/C20H28N4O5/c1-13-7-6-8-14(2)24(13)23-12-19(29-22-23)21-18(25)11-15-9-16(26-3)20(28-5)17(10-15)27-4/h9-10,12-14H,6-8,11H2,1-5H3. The molecule has 0 radical (unpaired) electrons. The molecule has 1 aliphatic heterocycles. The highest BCUT2D eigenvalue weighted by molar-refractivity contribution is 5.77. The largest absolute Gasteiger partial charge is 0.861 e. The van der Waals surface area contributed by atoms with Crippen LogP contribution in [-0.2, 0) is 6.42 Å². The zero-order valence-electron chi connectivity index (χ0n) is 17.5. The molecular weight excluding hydrogens is 376 g/mol. The molecule has 0 saturated carbocycles. The molecule has 9 nitrogen and oxygen atoms in total. The molecule has 0 amide bonds. The predicted octanol–water partition coefficient (Wildman–Crippen LogP) is 1.52. The lowest BCUT2D eigenvalue weighted by molar-refractivity contribution is -0.766. The van der Waals surface area contributed by atoms with Crippen LogP contribution in [0.15, 0.2) is 27.8 Å². The van der Waals surface area contributed by atoms with E-state index in [-0.39, 0.29) is 18.2 Å². The summed E-state index contributed by atoms with van der Waals surface area (Å²) < 4.78 is 21.2. The fourth-order valence-corrected chi connectivity index (χ4v) is 3.77. The van der Waals surface area contributed by atoms with Gasteiger partial charge < -0.3 is 19.3 Å². The number of rotatable bonds is 7. The average molecular weight is 404 g/mol. The van der Waals surface area contributed by atoms with Crippen LogP contribution in [0, 0.1) is 0 Å². The summed E-state index contributed by atoms with van der Waals surface area (Å²) in [6, 6.07) is 4.15. The lowest BCUT2D eigenvalue weighted by atomic mass is 10.00. The van der Waals surface area contributed by atoms with Gasteiger partial charge in [0.15, 0.2) is 11.5 Å². The highest BCUT2D eigenvalue weighted by Gasteiger charge is 2.33. The maximum absolute atomic E-state index is 12.5. The van der Waals surface area contributed by atoms with Crippen LogP contribution in [0.4, 0.5) is 5.88 Å². The second-order valence-corrected chi connectivity index (χ2v) is 7.19. The molecule has 1 aliphatic rings. The topological polar surface area (TPSA) is 96.3 Å². The van der Waals surface area contributed by atoms with E-state index in [1.807, 2.05) is 0 Å². The van der Waals surface area contributed by atoms with Crippen molar-refractivity contribution in [2.24, 2.45) is 4.99 Å². The van der Waals surface area contributed by atoms with Crippen molar-refractivity contribution in [3.8, 4) is 17.2 Å². The number of hydrogen-bond acceptors (Lipinski definition) is 8. The Morgan fingerprint density at radius 3 is 2.34 bits per heavy atom. The van der Waals surface area contributed by atoms with Crippen LogP contribution in [0.25, 0.3) is 0 Å².